The average molecular weight is 427 g/mol. The summed E-state index contributed by atoms with van der Waals surface area (Å²) in [5, 5.41) is 14.4. The van der Waals surface area contributed by atoms with E-state index in [-0.39, 0.29) is 5.82 Å². The molecular formula is C18H16F3N3O2S2. The first-order valence-electron chi connectivity index (χ1n) is 8.26. The van der Waals surface area contributed by atoms with E-state index >= 15 is 0 Å². The Kier molecular flexibility index (Phi) is 5.71. The number of pyridine rings is 1. The molecule has 0 unspecified atom stereocenters. The molecule has 0 amide bonds. The fourth-order valence-corrected chi connectivity index (χ4v) is 4.50. The second kappa shape index (κ2) is 7.88. The maximum absolute atomic E-state index is 12.9. The van der Waals surface area contributed by atoms with Gasteiger partial charge in [0.15, 0.2) is 5.13 Å². The summed E-state index contributed by atoms with van der Waals surface area (Å²) < 4.78 is 38.6. The number of thiophene rings is 1. The highest BCUT2D eigenvalue weighted by molar-refractivity contribution is 7.17. The van der Waals surface area contributed by atoms with Gasteiger partial charge in [-0.1, -0.05) is 19.9 Å². The van der Waals surface area contributed by atoms with E-state index < -0.39 is 23.3 Å². The summed E-state index contributed by atoms with van der Waals surface area (Å²) in [5.41, 5.74) is -0.887. The van der Waals surface area contributed by atoms with Crippen molar-refractivity contribution >= 4 is 39.6 Å². The van der Waals surface area contributed by atoms with Crippen molar-refractivity contribution in [2.75, 3.05) is 5.32 Å². The van der Waals surface area contributed by atoms with E-state index in [4.69, 9.17) is 0 Å². The monoisotopic (exact) mass is 427 g/mol. The van der Waals surface area contributed by atoms with Crippen molar-refractivity contribution in [3.8, 4) is 10.6 Å². The molecule has 0 aliphatic carbocycles. The van der Waals surface area contributed by atoms with Crippen LogP contribution in [0.1, 0.15) is 34.6 Å². The molecule has 0 atom stereocenters. The number of hydrogen-bond acceptors (Lipinski definition) is 6. The predicted molar refractivity (Wildman–Crippen MR) is 103 cm³/mol. The summed E-state index contributed by atoms with van der Waals surface area (Å²) in [4.78, 5) is 21.6. The first kappa shape index (κ1) is 20.3. The standard InChI is InChI=1S/C18H16F3N3O2S2/c1-9(2)6-13-14(12-4-3-5-27-12)23-17(28-13)24-15-11(16(25)26)7-10(8-22-15)18(19,20)21/h3-5,7-9H,6H2,1-2H3,(H,25,26)(H,22,23,24). The van der Waals surface area contributed by atoms with Crippen LogP contribution in [0.2, 0.25) is 0 Å². The minimum Gasteiger partial charge on any atom is -0.478 e. The third-order valence-electron chi connectivity index (χ3n) is 3.72. The molecule has 3 heterocycles. The smallest absolute Gasteiger partial charge is 0.417 e. The molecule has 0 aliphatic heterocycles. The summed E-state index contributed by atoms with van der Waals surface area (Å²) in [5.74, 6) is -1.30. The van der Waals surface area contributed by atoms with Crippen LogP contribution in [-0.4, -0.2) is 21.0 Å². The zero-order valence-electron chi connectivity index (χ0n) is 14.9. The average Bonchev–Trinajstić information content (AvgIpc) is 3.23. The van der Waals surface area contributed by atoms with Gasteiger partial charge in [-0.05, 0) is 29.9 Å². The molecule has 0 spiro atoms. The lowest BCUT2D eigenvalue weighted by atomic mass is 10.1. The topological polar surface area (TPSA) is 75.1 Å². The predicted octanol–water partition coefficient (Wildman–Crippen LogP) is 5.93. The van der Waals surface area contributed by atoms with Crippen LogP contribution >= 0.6 is 22.7 Å². The number of carboxylic acid groups (broad SMARTS) is 1. The minimum absolute atomic E-state index is 0.178. The molecule has 3 aromatic rings. The maximum atomic E-state index is 12.9. The normalized spacial score (nSPS) is 11.8. The molecule has 0 saturated carbocycles. The van der Waals surface area contributed by atoms with E-state index in [2.05, 4.69) is 29.1 Å². The number of halogens is 3. The van der Waals surface area contributed by atoms with E-state index in [1.165, 1.54) is 22.7 Å². The Morgan fingerprint density at radius 2 is 2.11 bits per heavy atom. The van der Waals surface area contributed by atoms with E-state index in [0.29, 0.717) is 23.3 Å². The van der Waals surface area contributed by atoms with Gasteiger partial charge in [0, 0.05) is 11.1 Å². The molecule has 10 heteroatoms. The van der Waals surface area contributed by atoms with Crippen LogP contribution in [0, 0.1) is 5.92 Å². The number of nitrogens with one attached hydrogen (secondary N) is 1. The zero-order valence-corrected chi connectivity index (χ0v) is 16.5. The zero-order chi connectivity index (χ0) is 20.5. The van der Waals surface area contributed by atoms with Gasteiger partial charge < -0.3 is 10.4 Å². The highest BCUT2D eigenvalue weighted by Gasteiger charge is 2.32. The summed E-state index contributed by atoms with van der Waals surface area (Å²) in [6, 6.07) is 4.42. The van der Waals surface area contributed by atoms with Crippen LogP contribution in [0.5, 0.6) is 0 Å². The van der Waals surface area contributed by atoms with E-state index in [1.807, 2.05) is 17.5 Å². The van der Waals surface area contributed by atoms with Crippen molar-refractivity contribution in [1.29, 1.82) is 0 Å². The van der Waals surface area contributed by atoms with E-state index in [0.717, 1.165) is 21.9 Å². The first-order valence-corrected chi connectivity index (χ1v) is 9.96. The Bertz CT molecular complexity index is 983. The number of aromatic carboxylic acids is 1. The van der Waals surface area contributed by atoms with Crippen molar-refractivity contribution < 1.29 is 23.1 Å². The Morgan fingerprint density at radius 1 is 1.36 bits per heavy atom. The van der Waals surface area contributed by atoms with Crippen LogP contribution in [0.3, 0.4) is 0 Å². The highest BCUT2D eigenvalue weighted by atomic mass is 32.1. The Hall–Kier alpha value is -2.46. The van der Waals surface area contributed by atoms with Gasteiger partial charge >= 0.3 is 12.1 Å². The fraction of sp³-hybridized carbons (Fsp3) is 0.278. The summed E-state index contributed by atoms with van der Waals surface area (Å²) >= 11 is 2.87. The van der Waals surface area contributed by atoms with E-state index in [9.17, 15) is 23.1 Å². The molecule has 3 rings (SSSR count). The van der Waals surface area contributed by atoms with Crippen LogP contribution in [0.15, 0.2) is 29.8 Å². The number of anilines is 2. The quantitative estimate of drug-likeness (QED) is 0.510. The summed E-state index contributed by atoms with van der Waals surface area (Å²) in [6.07, 6.45) is -3.29. The second-order valence-corrected chi connectivity index (χ2v) is 8.45. The van der Waals surface area contributed by atoms with Gasteiger partial charge in [-0.3, -0.25) is 0 Å². The van der Waals surface area contributed by atoms with Gasteiger partial charge in [-0.25, -0.2) is 14.8 Å². The van der Waals surface area contributed by atoms with Crippen molar-refractivity contribution in [3.63, 3.8) is 0 Å². The summed E-state index contributed by atoms with van der Waals surface area (Å²) in [6.45, 7) is 4.15. The van der Waals surface area contributed by atoms with Crippen molar-refractivity contribution in [3.05, 3.63) is 45.8 Å². The number of aromatic nitrogens is 2. The largest absolute Gasteiger partial charge is 0.478 e. The van der Waals surface area contributed by atoms with Crippen molar-refractivity contribution in [2.24, 2.45) is 5.92 Å². The van der Waals surface area contributed by atoms with Crippen molar-refractivity contribution in [2.45, 2.75) is 26.4 Å². The second-order valence-electron chi connectivity index (χ2n) is 6.41. The van der Waals surface area contributed by atoms with Gasteiger partial charge in [0.25, 0.3) is 0 Å². The van der Waals surface area contributed by atoms with Crippen LogP contribution in [0.25, 0.3) is 10.6 Å². The molecule has 0 radical (unpaired) electrons. The third kappa shape index (κ3) is 4.50. The first-order chi connectivity index (χ1) is 13.1. The molecule has 0 bridgehead atoms. The number of nitrogens with zero attached hydrogens (tertiary/aromatic N) is 2. The molecule has 3 aromatic heterocycles. The molecule has 148 valence electrons. The summed E-state index contributed by atoms with van der Waals surface area (Å²) in [7, 11) is 0. The maximum Gasteiger partial charge on any atom is 0.417 e. The van der Waals surface area contributed by atoms with Crippen LogP contribution in [-0.2, 0) is 12.6 Å². The van der Waals surface area contributed by atoms with Gasteiger partial charge in [-0.2, -0.15) is 13.2 Å². The Balaban J connectivity index is 1.98. The molecule has 28 heavy (non-hydrogen) atoms. The SMILES string of the molecule is CC(C)Cc1sc(Nc2ncc(C(F)(F)F)cc2C(=O)O)nc1-c1cccs1. The number of rotatable bonds is 6. The van der Waals surface area contributed by atoms with Gasteiger partial charge in [0.2, 0.25) is 0 Å². The number of alkyl halides is 3. The van der Waals surface area contributed by atoms with Gasteiger partial charge in [-0.15, -0.1) is 22.7 Å². The Labute approximate surface area is 166 Å². The van der Waals surface area contributed by atoms with E-state index in [1.54, 1.807) is 0 Å². The number of carbonyl (C=O) groups is 1. The van der Waals surface area contributed by atoms with Crippen molar-refractivity contribution in [1.82, 2.24) is 9.97 Å². The van der Waals surface area contributed by atoms with Crippen LogP contribution < -0.4 is 5.32 Å². The van der Waals surface area contributed by atoms with Crippen LogP contribution in [0.4, 0.5) is 24.1 Å². The minimum atomic E-state index is -4.67. The molecule has 2 N–H and O–H groups in total. The molecule has 0 aliphatic rings. The lowest BCUT2D eigenvalue weighted by Gasteiger charge is -2.10. The number of thiazole rings is 1. The molecule has 0 fully saturated rings. The molecule has 5 nitrogen and oxygen atoms in total. The molecule has 0 saturated heterocycles. The lowest BCUT2D eigenvalue weighted by Crippen LogP contribution is -2.11. The molecular weight excluding hydrogens is 411 g/mol. The number of carboxylic acids is 1. The van der Waals surface area contributed by atoms with Gasteiger partial charge in [0.05, 0.1) is 16.1 Å². The Morgan fingerprint density at radius 3 is 2.68 bits per heavy atom. The highest BCUT2D eigenvalue weighted by Crippen LogP contribution is 2.37. The third-order valence-corrected chi connectivity index (χ3v) is 5.59. The molecule has 0 aromatic carbocycles. The lowest BCUT2D eigenvalue weighted by molar-refractivity contribution is -0.137. The fourth-order valence-electron chi connectivity index (χ4n) is 2.50. The number of hydrogen-bond donors (Lipinski definition) is 2. The van der Waals surface area contributed by atoms with Gasteiger partial charge in [0.1, 0.15) is 11.4 Å².